The lowest BCUT2D eigenvalue weighted by Gasteiger charge is -2.27. The number of carbonyl (C=O) groups is 1. The Morgan fingerprint density at radius 1 is 0.919 bits per heavy atom. The number of carbonyl (C=O) groups excluding carboxylic acids is 1. The van der Waals surface area contributed by atoms with Crippen molar-refractivity contribution in [3.05, 3.63) is 102 Å². The zero-order chi connectivity index (χ0) is 25.8. The van der Waals surface area contributed by atoms with E-state index < -0.39 is 0 Å². The zero-order valence-electron chi connectivity index (χ0n) is 21.9. The summed E-state index contributed by atoms with van der Waals surface area (Å²) in [7, 11) is 0. The van der Waals surface area contributed by atoms with E-state index in [1.807, 2.05) is 36.4 Å². The summed E-state index contributed by atoms with van der Waals surface area (Å²) in [6.45, 7) is 9.43. The third-order valence-electron chi connectivity index (χ3n) is 7.01. The molecular weight excluding hydrogens is 456 g/mol. The molecule has 4 aromatic rings. The molecule has 188 valence electrons. The van der Waals surface area contributed by atoms with Gasteiger partial charge in [-0.05, 0) is 28.7 Å². The molecule has 5 rings (SSSR count). The molecule has 0 atom stereocenters. The highest BCUT2D eigenvalue weighted by atomic mass is 16.2. The minimum atomic E-state index is -0.203. The highest BCUT2D eigenvalue weighted by Gasteiger charge is 2.18. The summed E-state index contributed by atoms with van der Waals surface area (Å²) in [5.74, 6) is -0.203. The Morgan fingerprint density at radius 2 is 1.59 bits per heavy atom. The predicted molar refractivity (Wildman–Crippen MR) is 152 cm³/mol. The fourth-order valence-electron chi connectivity index (χ4n) is 4.76. The van der Waals surface area contributed by atoms with Gasteiger partial charge in [-0.2, -0.15) is 5.10 Å². The lowest BCUT2D eigenvalue weighted by Crippen LogP contribution is -2.34. The molecule has 1 fully saturated rings. The minimum Gasteiger partial charge on any atom is -0.298 e. The topological polar surface area (TPSA) is 57.6 Å². The second kappa shape index (κ2) is 10.7. The normalized spacial score (nSPS) is 14.5. The number of likely N-dealkylation sites (tertiary alicyclic amines) is 1. The zero-order valence-corrected chi connectivity index (χ0v) is 21.9. The number of hydrogen-bond donors (Lipinski definition) is 1. The van der Waals surface area contributed by atoms with E-state index >= 15 is 0 Å². The molecule has 3 aromatic carbocycles. The van der Waals surface area contributed by atoms with Crippen molar-refractivity contribution < 1.29 is 4.79 Å². The molecule has 0 aliphatic carbocycles. The molecule has 2 heterocycles. The number of rotatable bonds is 5. The molecule has 0 saturated carbocycles. The first-order valence-corrected chi connectivity index (χ1v) is 13.0. The summed E-state index contributed by atoms with van der Waals surface area (Å²) in [5, 5.41) is 5.35. The van der Waals surface area contributed by atoms with Crippen molar-refractivity contribution in [2.24, 2.45) is 5.10 Å². The van der Waals surface area contributed by atoms with Gasteiger partial charge in [0.1, 0.15) is 0 Å². The molecule has 1 aromatic heterocycles. The van der Waals surface area contributed by atoms with Crippen LogP contribution in [0.2, 0.25) is 0 Å². The maximum absolute atomic E-state index is 13.3. The monoisotopic (exact) mass is 490 g/mol. The van der Waals surface area contributed by atoms with E-state index in [2.05, 4.69) is 84.7 Å². The Kier molecular flexibility index (Phi) is 7.15. The third-order valence-corrected chi connectivity index (χ3v) is 7.01. The first kappa shape index (κ1) is 24.8. The lowest BCUT2D eigenvalue weighted by molar-refractivity contribution is 0.0956. The first-order valence-electron chi connectivity index (χ1n) is 13.0. The fraction of sp³-hybridized carbons (Fsp3) is 0.281. The van der Waals surface area contributed by atoms with Gasteiger partial charge in [0.2, 0.25) is 0 Å². The Hall–Kier alpha value is -3.83. The van der Waals surface area contributed by atoms with Crippen LogP contribution in [-0.2, 0) is 12.0 Å². The van der Waals surface area contributed by atoms with Gasteiger partial charge in [-0.3, -0.25) is 9.69 Å². The first-order chi connectivity index (χ1) is 17.9. The lowest BCUT2D eigenvalue weighted by atomic mass is 9.86. The van der Waals surface area contributed by atoms with Crippen LogP contribution >= 0.6 is 0 Å². The molecule has 1 saturated heterocycles. The Labute approximate surface area is 219 Å². The van der Waals surface area contributed by atoms with E-state index in [1.54, 1.807) is 0 Å². The van der Waals surface area contributed by atoms with E-state index in [0.29, 0.717) is 5.56 Å². The number of nitrogens with one attached hydrogen (secondary N) is 1. The van der Waals surface area contributed by atoms with E-state index in [0.717, 1.165) is 60.3 Å². The van der Waals surface area contributed by atoms with E-state index in [9.17, 15) is 4.79 Å². The van der Waals surface area contributed by atoms with E-state index in [4.69, 9.17) is 4.98 Å². The molecule has 1 aliphatic heterocycles. The standard InChI is InChI=1S/C32H34N4O/c1-32(2,3)25-15-13-24(14-16-25)30-21-28(27-11-7-8-12-29(27)33-30)31(37)35-34-26-17-19-36(20-18-26)22-23-9-5-4-6-10-23/h4-16,21H,17-20,22H2,1-3H3,(H,35,37). The molecule has 5 heteroatoms. The van der Waals surface area contributed by atoms with Crippen LogP contribution < -0.4 is 5.43 Å². The smallest absolute Gasteiger partial charge is 0.272 e. The summed E-state index contributed by atoms with van der Waals surface area (Å²) in [5.41, 5.74) is 9.70. The highest BCUT2D eigenvalue weighted by Crippen LogP contribution is 2.28. The number of fused-ring (bicyclic) bond motifs is 1. The van der Waals surface area contributed by atoms with Gasteiger partial charge in [-0.25, -0.2) is 10.4 Å². The minimum absolute atomic E-state index is 0.0806. The molecule has 0 bridgehead atoms. The number of nitrogens with zero attached hydrogens (tertiary/aromatic N) is 3. The number of benzene rings is 3. The molecule has 0 spiro atoms. The van der Waals surface area contributed by atoms with Crippen molar-refractivity contribution in [2.75, 3.05) is 13.1 Å². The number of para-hydroxylation sites is 1. The van der Waals surface area contributed by atoms with Crippen LogP contribution in [0.5, 0.6) is 0 Å². The van der Waals surface area contributed by atoms with E-state index in [-0.39, 0.29) is 11.3 Å². The predicted octanol–water partition coefficient (Wildman–Crippen LogP) is 6.58. The van der Waals surface area contributed by atoms with Gasteiger partial charge >= 0.3 is 0 Å². The summed E-state index contributed by atoms with van der Waals surface area (Å²) >= 11 is 0. The van der Waals surface area contributed by atoms with Gasteiger partial charge in [-0.15, -0.1) is 0 Å². The van der Waals surface area contributed by atoms with Crippen molar-refractivity contribution in [1.29, 1.82) is 0 Å². The van der Waals surface area contributed by atoms with Crippen molar-refractivity contribution in [3.63, 3.8) is 0 Å². The fourth-order valence-corrected chi connectivity index (χ4v) is 4.76. The summed E-state index contributed by atoms with van der Waals surface area (Å²) in [6.07, 6.45) is 1.71. The maximum Gasteiger partial charge on any atom is 0.272 e. The second-order valence-corrected chi connectivity index (χ2v) is 10.8. The van der Waals surface area contributed by atoms with Gasteiger partial charge < -0.3 is 0 Å². The number of hydrazone groups is 1. The van der Waals surface area contributed by atoms with Crippen LogP contribution in [-0.4, -0.2) is 34.6 Å². The Morgan fingerprint density at radius 3 is 2.30 bits per heavy atom. The maximum atomic E-state index is 13.3. The largest absolute Gasteiger partial charge is 0.298 e. The van der Waals surface area contributed by atoms with Gasteiger partial charge in [0.05, 0.1) is 16.8 Å². The van der Waals surface area contributed by atoms with Gasteiger partial charge in [0, 0.05) is 49.1 Å². The Bertz CT molecular complexity index is 1410. The molecule has 37 heavy (non-hydrogen) atoms. The van der Waals surface area contributed by atoms with Crippen molar-refractivity contribution >= 4 is 22.5 Å². The van der Waals surface area contributed by atoms with Crippen LogP contribution in [0, 0.1) is 0 Å². The molecule has 0 unspecified atom stereocenters. The average molecular weight is 491 g/mol. The average Bonchev–Trinajstić information content (AvgIpc) is 2.92. The number of aromatic nitrogens is 1. The van der Waals surface area contributed by atoms with Crippen LogP contribution in [0.25, 0.3) is 22.2 Å². The number of pyridine rings is 1. The van der Waals surface area contributed by atoms with E-state index in [1.165, 1.54) is 11.1 Å². The van der Waals surface area contributed by atoms with Crippen LogP contribution in [0.4, 0.5) is 0 Å². The van der Waals surface area contributed by atoms with Crippen LogP contribution in [0.1, 0.15) is 55.1 Å². The van der Waals surface area contributed by atoms with Crippen LogP contribution in [0.3, 0.4) is 0 Å². The molecule has 0 radical (unpaired) electrons. The molecule has 1 N–H and O–H groups in total. The van der Waals surface area contributed by atoms with Gasteiger partial charge in [0.25, 0.3) is 5.91 Å². The highest BCUT2D eigenvalue weighted by molar-refractivity contribution is 6.07. The number of amides is 1. The summed E-state index contributed by atoms with van der Waals surface area (Å²) < 4.78 is 0. The second-order valence-electron chi connectivity index (χ2n) is 10.8. The quantitative estimate of drug-likeness (QED) is 0.322. The summed E-state index contributed by atoms with van der Waals surface area (Å²) in [4.78, 5) is 20.6. The van der Waals surface area contributed by atoms with Crippen LogP contribution in [0.15, 0.2) is 90.0 Å². The van der Waals surface area contributed by atoms with Gasteiger partial charge in [-0.1, -0.05) is 93.6 Å². The van der Waals surface area contributed by atoms with Crippen molar-refractivity contribution in [1.82, 2.24) is 15.3 Å². The number of piperidine rings is 1. The molecule has 5 nitrogen and oxygen atoms in total. The van der Waals surface area contributed by atoms with Crippen molar-refractivity contribution in [2.45, 2.75) is 45.6 Å². The van der Waals surface area contributed by atoms with Gasteiger partial charge in [0.15, 0.2) is 0 Å². The summed E-state index contributed by atoms with van der Waals surface area (Å²) in [6, 6.07) is 28.7. The molecule has 1 aliphatic rings. The third kappa shape index (κ3) is 5.95. The molecular formula is C32H34N4O. The number of hydrogen-bond acceptors (Lipinski definition) is 4. The molecule has 1 amide bonds. The van der Waals surface area contributed by atoms with Crippen molar-refractivity contribution in [3.8, 4) is 11.3 Å². The Balaban J connectivity index is 1.32. The SMILES string of the molecule is CC(C)(C)c1ccc(-c2cc(C(=O)NN=C3CCN(Cc4ccccc4)CC3)c3ccccc3n2)cc1.